The van der Waals surface area contributed by atoms with Gasteiger partial charge in [0.25, 0.3) is 5.91 Å². The number of rotatable bonds is 3. The van der Waals surface area contributed by atoms with Crippen molar-refractivity contribution in [2.75, 3.05) is 18.4 Å². The van der Waals surface area contributed by atoms with Crippen LogP contribution in [0.3, 0.4) is 0 Å². The van der Waals surface area contributed by atoms with E-state index in [4.69, 9.17) is 0 Å². The highest BCUT2D eigenvalue weighted by molar-refractivity contribution is 7.14. The molecule has 1 saturated heterocycles. The maximum atomic E-state index is 12.5. The fraction of sp³-hybridized carbons (Fsp3) is 0.353. The molecule has 0 atom stereocenters. The minimum Gasteiger partial charge on any atom is -0.508 e. The van der Waals surface area contributed by atoms with Crippen molar-refractivity contribution in [1.82, 2.24) is 9.88 Å². The van der Waals surface area contributed by atoms with E-state index in [0.717, 1.165) is 12.8 Å². The van der Waals surface area contributed by atoms with Crippen molar-refractivity contribution in [1.29, 1.82) is 0 Å². The van der Waals surface area contributed by atoms with Crippen LogP contribution < -0.4 is 5.32 Å². The Morgan fingerprint density at radius 1 is 1.25 bits per heavy atom. The van der Waals surface area contributed by atoms with Gasteiger partial charge in [0, 0.05) is 25.4 Å². The van der Waals surface area contributed by atoms with Crippen molar-refractivity contribution >= 4 is 28.3 Å². The maximum Gasteiger partial charge on any atom is 0.273 e. The highest BCUT2D eigenvalue weighted by Gasteiger charge is 2.26. The number of anilines is 1. The van der Waals surface area contributed by atoms with Gasteiger partial charge in [0.15, 0.2) is 5.13 Å². The fourth-order valence-electron chi connectivity index (χ4n) is 2.90. The Bertz CT molecular complexity index is 734. The van der Waals surface area contributed by atoms with Crippen LogP contribution in [0.25, 0.3) is 0 Å². The number of carbonyl (C=O) groups is 2. The van der Waals surface area contributed by atoms with Gasteiger partial charge in [-0.15, -0.1) is 11.3 Å². The lowest BCUT2D eigenvalue weighted by atomic mass is 9.89. The summed E-state index contributed by atoms with van der Waals surface area (Å²) in [5, 5.41) is 14.1. The molecule has 0 saturated carbocycles. The summed E-state index contributed by atoms with van der Waals surface area (Å²) >= 11 is 1.25. The predicted molar refractivity (Wildman–Crippen MR) is 92.4 cm³/mol. The van der Waals surface area contributed by atoms with Crippen molar-refractivity contribution < 1.29 is 14.7 Å². The van der Waals surface area contributed by atoms with Crippen molar-refractivity contribution in [3.8, 4) is 5.75 Å². The van der Waals surface area contributed by atoms with Crippen LogP contribution in [-0.4, -0.2) is 39.9 Å². The van der Waals surface area contributed by atoms with Crippen LogP contribution >= 0.6 is 11.3 Å². The van der Waals surface area contributed by atoms with Crippen LogP contribution in [0.5, 0.6) is 5.75 Å². The molecule has 1 aliphatic rings. The minimum atomic E-state index is -0.196. The van der Waals surface area contributed by atoms with Gasteiger partial charge in [-0.2, -0.15) is 0 Å². The minimum absolute atomic E-state index is 0.0907. The number of aromatic hydroxyl groups is 1. The molecule has 126 valence electrons. The molecule has 3 rings (SSSR count). The number of carbonyl (C=O) groups excluding carboxylic acids is 2. The number of phenolic OH excluding ortho intramolecular Hbond substituents is 1. The number of nitrogens with zero attached hydrogens (tertiary/aromatic N) is 2. The van der Waals surface area contributed by atoms with E-state index in [-0.39, 0.29) is 17.6 Å². The number of nitrogens with one attached hydrogen (secondary N) is 1. The van der Waals surface area contributed by atoms with Crippen LogP contribution in [-0.2, 0) is 4.79 Å². The highest BCUT2D eigenvalue weighted by Crippen LogP contribution is 2.29. The lowest BCUT2D eigenvalue weighted by Gasteiger charge is -2.31. The second-order valence-electron chi connectivity index (χ2n) is 5.88. The third-order valence-electron chi connectivity index (χ3n) is 4.15. The second kappa shape index (κ2) is 7.00. The summed E-state index contributed by atoms with van der Waals surface area (Å²) in [6.07, 6.45) is 1.78. The van der Waals surface area contributed by atoms with E-state index in [1.165, 1.54) is 23.8 Å². The molecule has 2 N–H and O–H groups in total. The zero-order chi connectivity index (χ0) is 17.1. The number of benzene rings is 1. The molecule has 7 heteroatoms. The van der Waals surface area contributed by atoms with Crippen molar-refractivity contribution in [3.05, 3.63) is 40.9 Å². The van der Waals surface area contributed by atoms with Crippen molar-refractivity contribution in [3.63, 3.8) is 0 Å². The van der Waals surface area contributed by atoms with Gasteiger partial charge < -0.3 is 15.3 Å². The molecule has 1 aliphatic heterocycles. The predicted octanol–water partition coefficient (Wildman–Crippen LogP) is 2.83. The van der Waals surface area contributed by atoms with E-state index in [1.54, 1.807) is 17.5 Å². The molecular formula is C17H19N3O3S. The zero-order valence-electron chi connectivity index (χ0n) is 13.4. The molecule has 24 heavy (non-hydrogen) atoms. The largest absolute Gasteiger partial charge is 0.508 e. The highest BCUT2D eigenvalue weighted by atomic mass is 32.1. The quantitative estimate of drug-likeness (QED) is 0.896. The molecule has 2 amide bonds. The Kier molecular flexibility index (Phi) is 4.80. The number of aromatic nitrogens is 1. The number of amides is 2. The van der Waals surface area contributed by atoms with E-state index >= 15 is 0 Å². The lowest BCUT2D eigenvalue weighted by molar-refractivity contribution is -0.114. The summed E-state index contributed by atoms with van der Waals surface area (Å²) in [6, 6.07) is 7.28. The van der Waals surface area contributed by atoms with E-state index < -0.39 is 0 Å². The normalized spacial score (nSPS) is 15.3. The molecule has 0 spiro atoms. The first-order valence-corrected chi connectivity index (χ1v) is 8.72. The number of piperidine rings is 1. The standard InChI is InChI=1S/C17H19N3O3S/c1-11(21)18-17-19-15(10-24-17)16(23)20-8-6-13(7-9-20)12-2-4-14(22)5-3-12/h2-5,10,13,22H,6-9H2,1H3,(H,18,19,21). The molecule has 0 bridgehead atoms. The summed E-state index contributed by atoms with van der Waals surface area (Å²) in [5.41, 5.74) is 1.58. The summed E-state index contributed by atoms with van der Waals surface area (Å²) < 4.78 is 0. The maximum absolute atomic E-state index is 12.5. The Balaban J connectivity index is 1.59. The lowest BCUT2D eigenvalue weighted by Crippen LogP contribution is -2.38. The molecule has 0 radical (unpaired) electrons. The van der Waals surface area contributed by atoms with Crippen LogP contribution in [0.1, 0.15) is 41.7 Å². The van der Waals surface area contributed by atoms with Crippen LogP contribution in [0, 0.1) is 0 Å². The van der Waals surface area contributed by atoms with Gasteiger partial charge in [-0.25, -0.2) is 4.98 Å². The van der Waals surface area contributed by atoms with Gasteiger partial charge in [-0.05, 0) is 36.5 Å². The summed E-state index contributed by atoms with van der Waals surface area (Å²) in [7, 11) is 0. The third kappa shape index (κ3) is 3.73. The molecule has 1 aromatic carbocycles. The zero-order valence-corrected chi connectivity index (χ0v) is 14.2. The average molecular weight is 345 g/mol. The van der Waals surface area contributed by atoms with Crippen LogP contribution in [0.15, 0.2) is 29.6 Å². The number of hydrogen-bond donors (Lipinski definition) is 2. The molecule has 1 aromatic heterocycles. The Hall–Kier alpha value is -2.41. The summed E-state index contributed by atoms with van der Waals surface area (Å²) in [4.78, 5) is 29.5. The smallest absolute Gasteiger partial charge is 0.273 e. The van der Waals surface area contributed by atoms with Crippen LogP contribution in [0.2, 0.25) is 0 Å². The first-order valence-electron chi connectivity index (χ1n) is 7.84. The second-order valence-corrected chi connectivity index (χ2v) is 6.74. The summed E-state index contributed by atoms with van der Waals surface area (Å²) in [5.74, 6) is 0.384. The SMILES string of the molecule is CC(=O)Nc1nc(C(=O)N2CCC(c3ccc(O)cc3)CC2)cs1. The van der Waals surface area contributed by atoms with E-state index in [2.05, 4.69) is 10.3 Å². The average Bonchev–Trinajstić information content (AvgIpc) is 3.03. The molecule has 0 unspecified atom stereocenters. The monoisotopic (exact) mass is 345 g/mol. The summed E-state index contributed by atoms with van der Waals surface area (Å²) in [6.45, 7) is 2.77. The first-order chi connectivity index (χ1) is 11.5. The number of likely N-dealkylation sites (tertiary alicyclic amines) is 1. The van der Waals surface area contributed by atoms with Crippen LogP contribution in [0.4, 0.5) is 5.13 Å². The van der Waals surface area contributed by atoms with Gasteiger partial charge in [-0.3, -0.25) is 9.59 Å². The fourth-order valence-corrected chi connectivity index (χ4v) is 3.63. The van der Waals surface area contributed by atoms with Gasteiger partial charge in [0.05, 0.1) is 0 Å². The van der Waals surface area contributed by atoms with E-state index in [1.807, 2.05) is 17.0 Å². The Morgan fingerprint density at radius 3 is 2.54 bits per heavy atom. The Morgan fingerprint density at radius 2 is 1.92 bits per heavy atom. The van der Waals surface area contributed by atoms with E-state index in [0.29, 0.717) is 29.8 Å². The topological polar surface area (TPSA) is 82.5 Å². The van der Waals surface area contributed by atoms with E-state index in [9.17, 15) is 14.7 Å². The van der Waals surface area contributed by atoms with Gasteiger partial charge in [-0.1, -0.05) is 12.1 Å². The number of phenols is 1. The van der Waals surface area contributed by atoms with Crippen molar-refractivity contribution in [2.45, 2.75) is 25.7 Å². The molecule has 0 aliphatic carbocycles. The molecule has 1 fully saturated rings. The molecular weight excluding hydrogens is 326 g/mol. The number of thiazole rings is 1. The van der Waals surface area contributed by atoms with Gasteiger partial charge in [0.2, 0.25) is 5.91 Å². The van der Waals surface area contributed by atoms with Crippen molar-refractivity contribution in [2.24, 2.45) is 0 Å². The third-order valence-corrected chi connectivity index (χ3v) is 4.91. The first kappa shape index (κ1) is 16.4. The molecule has 2 aromatic rings. The Labute approximate surface area is 144 Å². The van der Waals surface area contributed by atoms with Gasteiger partial charge >= 0.3 is 0 Å². The number of hydrogen-bond acceptors (Lipinski definition) is 5. The van der Waals surface area contributed by atoms with Gasteiger partial charge in [0.1, 0.15) is 11.4 Å². The molecule has 6 nitrogen and oxygen atoms in total. The molecule has 2 heterocycles.